The standard InChI is InChI=1S/C21H23N5O3S/c1-14(2)12-26-19(16-5-4-10-22-11-16)24-25-21(26)30-13-18(27)23-17-8-6-15(7-9-17)20(28)29-3/h4-11,14H,12-13H2,1-3H3,(H,23,27). The van der Waals surface area contributed by atoms with Gasteiger partial charge in [-0.2, -0.15) is 0 Å². The van der Waals surface area contributed by atoms with Gasteiger partial charge in [0.1, 0.15) is 0 Å². The Kier molecular flexibility index (Phi) is 7.18. The number of amides is 1. The van der Waals surface area contributed by atoms with Gasteiger partial charge in [0.05, 0.1) is 18.4 Å². The van der Waals surface area contributed by atoms with E-state index in [1.54, 1.807) is 36.7 Å². The molecule has 8 nitrogen and oxygen atoms in total. The average molecular weight is 426 g/mol. The summed E-state index contributed by atoms with van der Waals surface area (Å²) in [6.07, 6.45) is 3.46. The normalized spacial score (nSPS) is 10.8. The molecule has 0 aliphatic heterocycles. The molecule has 0 aliphatic carbocycles. The summed E-state index contributed by atoms with van der Waals surface area (Å²) in [4.78, 5) is 28.0. The van der Waals surface area contributed by atoms with Crippen molar-refractivity contribution in [1.82, 2.24) is 19.7 Å². The van der Waals surface area contributed by atoms with Crippen molar-refractivity contribution in [2.45, 2.75) is 25.5 Å². The van der Waals surface area contributed by atoms with E-state index in [1.807, 2.05) is 16.7 Å². The lowest BCUT2D eigenvalue weighted by Crippen LogP contribution is -2.15. The smallest absolute Gasteiger partial charge is 0.337 e. The largest absolute Gasteiger partial charge is 0.465 e. The van der Waals surface area contributed by atoms with Crippen LogP contribution < -0.4 is 5.32 Å². The monoisotopic (exact) mass is 425 g/mol. The number of nitrogens with one attached hydrogen (secondary N) is 1. The van der Waals surface area contributed by atoms with Crippen LogP contribution in [-0.4, -0.2) is 44.5 Å². The number of rotatable bonds is 8. The Bertz CT molecular complexity index is 1000. The van der Waals surface area contributed by atoms with Crippen LogP contribution in [0.25, 0.3) is 11.4 Å². The Balaban J connectivity index is 1.67. The molecule has 3 aromatic rings. The Morgan fingerprint density at radius 3 is 2.57 bits per heavy atom. The minimum absolute atomic E-state index is 0.173. The third-order valence-electron chi connectivity index (χ3n) is 4.11. The Hall–Kier alpha value is -3.20. The highest BCUT2D eigenvalue weighted by atomic mass is 32.2. The third kappa shape index (κ3) is 5.44. The fraction of sp³-hybridized carbons (Fsp3) is 0.286. The molecular formula is C21H23N5O3S. The number of thioether (sulfide) groups is 1. The van der Waals surface area contributed by atoms with Crippen LogP contribution >= 0.6 is 11.8 Å². The lowest BCUT2D eigenvalue weighted by Gasteiger charge is -2.12. The number of hydrogen-bond donors (Lipinski definition) is 1. The van der Waals surface area contributed by atoms with Crippen molar-refractivity contribution in [3.63, 3.8) is 0 Å². The molecule has 30 heavy (non-hydrogen) atoms. The molecule has 0 saturated carbocycles. The molecule has 0 fully saturated rings. The second kappa shape index (κ2) is 10.0. The molecule has 0 radical (unpaired) electrons. The maximum Gasteiger partial charge on any atom is 0.337 e. The van der Waals surface area contributed by atoms with Gasteiger partial charge in [-0.3, -0.25) is 9.78 Å². The number of ether oxygens (including phenoxy) is 1. The van der Waals surface area contributed by atoms with Crippen molar-refractivity contribution in [2.75, 3.05) is 18.2 Å². The van der Waals surface area contributed by atoms with Gasteiger partial charge in [-0.25, -0.2) is 4.79 Å². The molecule has 0 aliphatic rings. The van der Waals surface area contributed by atoms with E-state index >= 15 is 0 Å². The number of nitrogens with zero attached hydrogens (tertiary/aromatic N) is 4. The van der Waals surface area contributed by atoms with E-state index in [-0.39, 0.29) is 11.7 Å². The second-order valence-electron chi connectivity index (χ2n) is 6.96. The first-order valence-corrected chi connectivity index (χ1v) is 10.4. The van der Waals surface area contributed by atoms with E-state index in [2.05, 4.69) is 39.1 Å². The number of carbonyl (C=O) groups is 2. The van der Waals surface area contributed by atoms with Crippen LogP contribution in [0.2, 0.25) is 0 Å². The lowest BCUT2D eigenvalue weighted by molar-refractivity contribution is -0.113. The molecule has 0 atom stereocenters. The van der Waals surface area contributed by atoms with Crippen LogP contribution in [-0.2, 0) is 16.1 Å². The van der Waals surface area contributed by atoms with Crippen LogP contribution in [0.15, 0.2) is 53.9 Å². The molecule has 2 aromatic heterocycles. The number of benzene rings is 1. The van der Waals surface area contributed by atoms with Crippen LogP contribution in [0, 0.1) is 5.92 Å². The highest BCUT2D eigenvalue weighted by Crippen LogP contribution is 2.25. The van der Waals surface area contributed by atoms with Gasteiger partial charge >= 0.3 is 5.97 Å². The summed E-state index contributed by atoms with van der Waals surface area (Å²) in [5.74, 6) is 0.711. The zero-order valence-electron chi connectivity index (χ0n) is 17.0. The van der Waals surface area contributed by atoms with Crippen molar-refractivity contribution in [3.8, 4) is 11.4 Å². The Morgan fingerprint density at radius 1 is 1.17 bits per heavy atom. The zero-order chi connectivity index (χ0) is 21.5. The fourth-order valence-electron chi connectivity index (χ4n) is 2.77. The molecule has 0 bridgehead atoms. The maximum absolute atomic E-state index is 12.4. The molecule has 0 saturated heterocycles. The highest BCUT2D eigenvalue weighted by Gasteiger charge is 2.17. The van der Waals surface area contributed by atoms with Gasteiger partial charge in [0.2, 0.25) is 5.91 Å². The summed E-state index contributed by atoms with van der Waals surface area (Å²) < 4.78 is 6.69. The van der Waals surface area contributed by atoms with E-state index in [0.29, 0.717) is 22.3 Å². The maximum atomic E-state index is 12.4. The van der Waals surface area contributed by atoms with Crippen molar-refractivity contribution >= 4 is 29.3 Å². The number of pyridine rings is 1. The summed E-state index contributed by atoms with van der Waals surface area (Å²) in [7, 11) is 1.33. The molecule has 3 rings (SSSR count). The molecular weight excluding hydrogens is 402 g/mol. The molecule has 1 amide bonds. The number of anilines is 1. The van der Waals surface area contributed by atoms with Crippen LogP contribution in [0.1, 0.15) is 24.2 Å². The Morgan fingerprint density at radius 2 is 1.93 bits per heavy atom. The summed E-state index contributed by atoms with van der Waals surface area (Å²) in [6.45, 7) is 4.97. The van der Waals surface area contributed by atoms with Crippen LogP contribution in [0.3, 0.4) is 0 Å². The SMILES string of the molecule is COC(=O)c1ccc(NC(=O)CSc2nnc(-c3cccnc3)n2CC(C)C)cc1. The topological polar surface area (TPSA) is 99.0 Å². The van der Waals surface area contributed by atoms with E-state index in [1.165, 1.54) is 18.9 Å². The van der Waals surface area contributed by atoms with Gasteiger partial charge in [0.25, 0.3) is 0 Å². The summed E-state index contributed by atoms with van der Waals surface area (Å²) in [5.41, 5.74) is 1.91. The Labute approximate surface area is 179 Å². The van der Waals surface area contributed by atoms with Crippen molar-refractivity contribution < 1.29 is 14.3 Å². The van der Waals surface area contributed by atoms with E-state index in [0.717, 1.165) is 17.9 Å². The molecule has 9 heteroatoms. The molecule has 1 aromatic carbocycles. The molecule has 156 valence electrons. The van der Waals surface area contributed by atoms with Gasteiger partial charge in [0.15, 0.2) is 11.0 Å². The van der Waals surface area contributed by atoms with E-state index in [9.17, 15) is 9.59 Å². The summed E-state index contributed by atoms with van der Waals surface area (Å²) in [5, 5.41) is 12.1. The average Bonchev–Trinajstić information content (AvgIpc) is 3.14. The first-order chi connectivity index (χ1) is 14.5. The summed E-state index contributed by atoms with van der Waals surface area (Å²) >= 11 is 1.33. The fourth-order valence-corrected chi connectivity index (χ4v) is 3.52. The molecule has 0 unspecified atom stereocenters. The van der Waals surface area contributed by atoms with Crippen LogP contribution in [0.5, 0.6) is 0 Å². The number of aromatic nitrogens is 4. The predicted octanol–water partition coefficient (Wildman–Crippen LogP) is 3.51. The molecule has 0 spiro atoms. The van der Waals surface area contributed by atoms with Gasteiger partial charge in [0, 0.05) is 30.2 Å². The van der Waals surface area contributed by atoms with Gasteiger partial charge in [-0.05, 0) is 42.3 Å². The van der Waals surface area contributed by atoms with Gasteiger partial charge < -0.3 is 14.6 Å². The predicted molar refractivity (Wildman–Crippen MR) is 115 cm³/mol. The van der Waals surface area contributed by atoms with Gasteiger partial charge in [-0.1, -0.05) is 25.6 Å². The zero-order valence-corrected chi connectivity index (χ0v) is 17.8. The van der Waals surface area contributed by atoms with Crippen molar-refractivity contribution in [2.24, 2.45) is 5.92 Å². The van der Waals surface area contributed by atoms with E-state index < -0.39 is 5.97 Å². The minimum Gasteiger partial charge on any atom is -0.465 e. The number of methoxy groups -OCH3 is 1. The van der Waals surface area contributed by atoms with Crippen molar-refractivity contribution in [1.29, 1.82) is 0 Å². The minimum atomic E-state index is -0.419. The third-order valence-corrected chi connectivity index (χ3v) is 5.07. The number of esters is 1. The van der Waals surface area contributed by atoms with Gasteiger partial charge in [-0.15, -0.1) is 10.2 Å². The molecule has 1 N–H and O–H groups in total. The second-order valence-corrected chi connectivity index (χ2v) is 7.90. The number of carbonyl (C=O) groups excluding carboxylic acids is 2. The summed E-state index contributed by atoms with van der Waals surface area (Å²) in [6, 6.07) is 10.3. The number of hydrogen-bond acceptors (Lipinski definition) is 7. The quantitative estimate of drug-likeness (QED) is 0.435. The van der Waals surface area contributed by atoms with E-state index in [4.69, 9.17) is 0 Å². The highest BCUT2D eigenvalue weighted by molar-refractivity contribution is 7.99. The van der Waals surface area contributed by atoms with Crippen LogP contribution in [0.4, 0.5) is 5.69 Å². The lowest BCUT2D eigenvalue weighted by atomic mass is 10.2. The van der Waals surface area contributed by atoms with Crippen molar-refractivity contribution in [3.05, 3.63) is 54.4 Å². The first-order valence-electron chi connectivity index (χ1n) is 9.42. The molecule has 2 heterocycles. The first kappa shape index (κ1) is 21.5.